The van der Waals surface area contributed by atoms with Crippen molar-refractivity contribution in [3.63, 3.8) is 0 Å². The normalized spacial score (nSPS) is 17.1. The molecule has 0 radical (unpaired) electrons. The van der Waals surface area contributed by atoms with Crippen molar-refractivity contribution in [2.24, 2.45) is 0 Å². The molecule has 0 bridgehead atoms. The predicted octanol–water partition coefficient (Wildman–Crippen LogP) is 3.31. The van der Waals surface area contributed by atoms with Crippen LogP contribution < -0.4 is 4.90 Å². The second-order valence-electron chi connectivity index (χ2n) is 5.54. The van der Waals surface area contributed by atoms with Gasteiger partial charge in [-0.15, -0.1) is 0 Å². The highest BCUT2D eigenvalue weighted by atomic mass is 79.9. The standard InChI is InChI=1S/C16H21BrN4/c1-2-6-20-7-3-8-21(10-9-20)16-14-11-13(17)4-5-15(14)18-12-19-16/h4-5,11-12H,2-3,6-10H2,1H3. The van der Waals surface area contributed by atoms with Gasteiger partial charge in [0, 0.05) is 29.5 Å². The summed E-state index contributed by atoms with van der Waals surface area (Å²) in [6, 6.07) is 6.20. The van der Waals surface area contributed by atoms with Gasteiger partial charge in [-0.3, -0.25) is 0 Å². The second kappa shape index (κ2) is 6.71. The molecule has 0 atom stereocenters. The van der Waals surface area contributed by atoms with Gasteiger partial charge in [-0.25, -0.2) is 9.97 Å². The fourth-order valence-corrected chi connectivity index (χ4v) is 3.35. The molecule has 0 unspecified atom stereocenters. The van der Waals surface area contributed by atoms with E-state index in [9.17, 15) is 0 Å². The molecule has 1 aliphatic heterocycles. The molecule has 1 aromatic carbocycles. The van der Waals surface area contributed by atoms with Crippen LogP contribution in [0, 0.1) is 0 Å². The summed E-state index contributed by atoms with van der Waals surface area (Å²) in [4.78, 5) is 13.9. The fraction of sp³-hybridized carbons (Fsp3) is 0.500. The predicted molar refractivity (Wildman–Crippen MR) is 90.8 cm³/mol. The summed E-state index contributed by atoms with van der Waals surface area (Å²) >= 11 is 3.55. The lowest BCUT2D eigenvalue weighted by atomic mass is 10.2. The van der Waals surface area contributed by atoms with E-state index in [1.807, 2.05) is 12.1 Å². The van der Waals surface area contributed by atoms with Crippen LogP contribution in [0.3, 0.4) is 0 Å². The van der Waals surface area contributed by atoms with Crippen molar-refractivity contribution in [2.75, 3.05) is 37.6 Å². The third-order valence-corrected chi connectivity index (χ3v) is 4.50. The molecular weight excluding hydrogens is 328 g/mol. The molecule has 21 heavy (non-hydrogen) atoms. The Morgan fingerprint density at radius 3 is 2.90 bits per heavy atom. The Hall–Kier alpha value is -1.20. The van der Waals surface area contributed by atoms with Crippen molar-refractivity contribution in [1.82, 2.24) is 14.9 Å². The lowest BCUT2D eigenvalue weighted by Crippen LogP contribution is -2.31. The zero-order valence-corrected chi connectivity index (χ0v) is 14.0. The molecule has 0 spiro atoms. The smallest absolute Gasteiger partial charge is 0.139 e. The van der Waals surface area contributed by atoms with E-state index in [1.165, 1.54) is 25.9 Å². The van der Waals surface area contributed by atoms with Crippen molar-refractivity contribution < 1.29 is 0 Å². The first kappa shape index (κ1) is 14.7. The number of rotatable bonds is 3. The molecule has 5 heteroatoms. The highest BCUT2D eigenvalue weighted by Gasteiger charge is 2.17. The van der Waals surface area contributed by atoms with E-state index in [4.69, 9.17) is 0 Å². The third kappa shape index (κ3) is 3.35. The SMILES string of the molecule is CCCN1CCCN(c2ncnc3ccc(Br)cc23)CC1. The molecular formula is C16H21BrN4. The van der Waals surface area contributed by atoms with E-state index < -0.39 is 0 Å². The van der Waals surface area contributed by atoms with Crippen molar-refractivity contribution in [3.8, 4) is 0 Å². The monoisotopic (exact) mass is 348 g/mol. The first-order chi connectivity index (χ1) is 10.3. The molecule has 4 nitrogen and oxygen atoms in total. The summed E-state index contributed by atoms with van der Waals surface area (Å²) in [7, 11) is 0. The molecule has 3 rings (SSSR count). The van der Waals surface area contributed by atoms with E-state index in [1.54, 1.807) is 6.33 Å². The van der Waals surface area contributed by atoms with Crippen LogP contribution in [0.2, 0.25) is 0 Å². The van der Waals surface area contributed by atoms with Crippen LogP contribution in [-0.4, -0.2) is 47.6 Å². The van der Waals surface area contributed by atoms with Crippen LogP contribution >= 0.6 is 15.9 Å². The Balaban J connectivity index is 1.88. The third-order valence-electron chi connectivity index (χ3n) is 4.00. The minimum Gasteiger partial charge on any atom is -0.355 e. The lowest BCUT2D eigenvalue weighted by Gasteiger charge is -2.23. The average Bonchev–Trinajstić information content (AvgIpc) is 2.73. The van der Waals surface area contributed by atoms with Gasteiger partial charge in [0.2, 0.25) is 0 Å². The van der Waals surface area contributed by atoms with E-state index in [2.05, 4.69) is 48.7 Å². The van der Waals surface area contributed by atoms with Gasteiger partial charge in [0.25, 0.3) is 0 Å². The Morgan fingerprint density at radius 2 is 2.05 bits per heavy atom. The second-order valence-corrected chi connectivity index (χ2v) is 6.46. The van der Waals surface area contributed by atoms with Gasteiger partial charge < -0.3 is 9.80 Å². The quantitative estimate of drug-likeness (QED) is 0.851. The summed E-state index contributed by atoms with van der Waals surface area (Å²) < 4.78 is 1.08. The van der Waals surface area contributed by atoms with Crippen LogP contribution in [0.15, 0.2) is 29.0 Å². The Kier molecular flexibility index (Phi) is 4.70. The van der Waals surface area contributed by atoms with Gasteiger partial charge in [0.05, 0.1) is 5.52 Å². The first-order valence-electron chi connectivity index (χ1n) is 7.65. The van der Waals surface area contributed by atoms with Crippen LogP contribution in [-0.2, 0) is 0 Å². The van der Waals surface area contributed by atoms with Crippen LogP contribution in [0.5, 0.6) is 0 Å². The molecule has 0 aliphatic carbocycles. The highest BCUT2D eigenvalue weighted by Crippen LogP contribution is 2.26. The van der Waals surface area contributed by atoms with Gasteiger partial charge in [-0.05, 0) is 44.1 Å². The van der Waals surface area contributed by atoms with Crippen molar-refractivity contribution in [2.45, 2.75) is 19.8 Å². The van der Waals surface area contributed by atoms with Gasteiger partial charge in [0.1, 0.15) is 12.1 Å². The summed E-state index contributed by atoms with van der Waals surface area (Å²) in [5.41, 5.74) is 1.01. The molecule has 2 aromatic rings. The Labute approximate surface area is 134 Å². The van der Waals surface area contributed by atoms with Crippen LogP contribution in [0.25, 0.3) is 10.9 Å². The van der Waals surface area contributed by atoms with Crippen molar-refractivity contribution in [3.05, 3.63) is 29.0 Å². The topological polar surface area (TPSA) is 32.3 Å². The van der Waals surface area contributed by atoms with E-state index in [0.717, 1.165) is 40.8 Å². The Morgan fingerprint density at radius 1 is 1.14 bits per heavy atom. The number of hydrogen-bond acceptors (Lipinski definition) is 4. The zero-order valence-electron chi connectivity index (χ0n) is 12.4. The van der Waals surface area contributed by atoms with Gasteiger partial charge in [-0.1, -0.05) is 22.9 Å². The number of nitrogens with zero attached hydrogens (tertiary/aromatic N) is 4. The number of fused-ring (bicyclic) bond motifs is 1. The minimum atomic E-state index is 1.01. The first-order valence-corrected chi connectivity index (χ1v) is 8.45. The van der Waals surface area contributed by atoms with Gasteiger partial charge in [0.15, 0.2) is 0 Å². The molecule has 112 valence electrons. The zero-order chi connectivity index (χ0) is 14.7. The molecule has 0 N–H and O–H groups in total. The molecule has 1 aliphatic rings. The summed E-state index contributed by atoms with van der Waals surface area (Å²) in [5.74, 6) is 1.07. The largest absolute Gasteiger partial charge is 0.355 e. The summed E-state index contributed by atoms with van der Waals surface area (Å²) in [6.07, 6.45) is 4.10. The molecule has 2 heterocycles. The summed E-state index contributed by atoms with van der Waals surface area (Å²) in [6.45, 7) is 7.86. The molecule has 1 fully saturated rings. The number of aromatic nitrogens is 2. The maximum atomic E-state index is 4.56. The fourth-order valence-electron chi connectivity index (χ4n) is 2.99. The van der Waals surface area contributed by atoms with Gasteiger partial charge in [-0.2, -0.15) is 0 Å². The number of anilines is 1. The molecule has 1 aromatic heterocycles. The number of benzene rings is 1. The van der Waals surface area contributed by atoms with Crippen LogP contribution in [0.4, 0.5) is 5.82 Å². The molecule has 1 saturated heterocycles. The maximum Gasteiger partial charge on any atom is 0.139 e. The van der Waals surface area contributed by atoms with Crippen molar-refractivity contribution >= 4 is 32.7 Å². The van der Waals surface area contributed by atoms with Gasteiger partial charge >= 0.3 is 0 Å². The van der Waals surface area contributed by atoms with Crippen LogP contribution in [0.1, 0.15) is 19.8 Å². The van der Waals surface area contributed by atoms with Crippen molar-refractivity contribution in [1.29, 1.82) is 0 Å². The Bertz CT molecular complexity index is 616. The van der Waals surface area contributed by atoms with E-state index in [-0.39, 0.29) is 0 Å². The maximum absolute atomic E-state index is 4.56. The van der Waals surface area contributed by atoms with E-state index >= 15 is 0 Å². The molecule has 0 amide bonds. The lowest BCUT2D eigenvalue weighted by molar-refractivity contribution is 0.294. The number of halogens is 1. The molecule has 0 saturated carbocycles. The summed E-state index contributed by atoms with van der Waals surface area (Å²) in [5, 5.41) is 1.14. The highest BCUT2D eigenvalue weighted by molar-refractivity contribution is 9.10. The minimum absolute atomic E-state index is 1.01. The number of hydrogen-bond donors (Lipinski definition) is 0. The van der Waals surface area contributed by atoms with E-state index in [0.29, 0.717) is 0 Å². The average molecular weight is 349 g/mol.